The molecule has 5 nitrogen and oxygen atoms in total. The van der Waals surface area contributed by atoms with Crippen LogP contribution < -0.4 is 5.32 Å². The van der Waals surface area contributed by atoms with E-state index in [-0.39, 0.29) is 11.1 Å². The number of carbonyl (C=O) groups is 1. The number of rotatable bonds is 4. The number of aromatic nitrogens is 3. The Bertz CT molecular complexity index is 848. The van der Waals surface area contributed by atoms with Gasteiger partial charge in [0.1, 0.15) is 12.1 Å². The van der Waals surface area contributed by atoms with Gasteiger partial charge >= 0.3 is 6.18 Å². The number of hydrogen-bond acceptors (Lipinski definition) is 3. The first-order valence-corrected chi connectivity index (χ1v) is 7.32. The van der Waals surface area contributed by atoms with E-state index in [9.17, 15) is 18.0 Å². The Balaban J connectivity index is 1.86. The summed E-state index contributed by atoms with van der Waals surface area (Å²) in [6, 6.07) is 7.89. The van der Waals surface area contributed by atoms with Crippen molar-refractivity contribution < 1.29 is 18.0 Å². The Morgan fingerprint density at radius 3 is 2.52 bits per heavy atom. The van der Waals surface area contributed by atoms with Crippen LogP contribution in [0.25, 0.3) is 5.82 Å². The number of benzene rings is 1. The Labute approximate surface area is 141 Å². The minimum Gasteiger partial charge on any atom is -0.337 e. The molecule has 0 saturated carbocycles. The first-order chi connectivity index (χ1) is 11.9. The Morgan fingerprint density at radius 2 is 1.88 bits per heavy atom. The molecule has 2 aromatic heterocycles. The van der Waals surface area contributed by atoms with E-state index in [4.69, 9.17) is 0 Å². The molecule has 0 aliphatic rings. The topological polar surface area (TPSA) is 59.8 Å². The summed E-state index contributed by atoms with van der Waals surface area (Å²) in [7, 11) is 0. The molecule has 0 saturated heterocycles. The van der Waals surface area contributed by atoms with Crippen molar-refractivity contribution in [2.24, 2.45) is 0 Å². The fourth-order valence-electron chi connectivity index (χ4n) is 2.31. The lowest BCUT2D eigenvalue weighted by Crippen LogP contribution is -2.38. The zero-order valence-corrected chi connectivity index (χ0v) is 12.8. The third kappa shape index (κ3) is 3.85. The third-order valence-corrected chi connectivity index (χ3v) is 3.51. The van der Waals surface area contributed by atoms with Crippen LogP contribution in [-0.2, 0) is 0 Å². The zero-order chi connectivity index (χ0) is 17.9. The lowest BCUT2D eigenvalue weighted by atomic mass is 10.1. The van der Waals surface area contributed by atoms with Gasteiger partial charge in [0.15, 0.2) is 6.04 Å². The van der Waals surface area contributed by atoms with Crippen LogP contribution in [0.5, 0.6) is 0 Å². The number of carbonyl (C=O) groups excluding carboxylic acids is 1. The van der Waals surface area contributed by atoms with Crippen molar-refractivity contribution in [2.45, 2.75) is 12.2 Å². The van der Waals surface area contributed by atoms with Gasteiger partial charge in [-0.3, -0.25) is 9.36 Å². The van der Waals surface area contributed by atoms with Gasteiger partial charge in [0.05, 0.1) is 0 Å². The van der Waals surface area contributed by atoms with Crippen LogP contribution in [0.4, 0.5) is 13.2 Å². The van der Waals surface area contributed by atoms with E-state index in [2.05, 4.69) is 9.97 Å². The molecule has 1 amide bonds. The van der Waals surface area contributed by atoms with Crippen molar-refractivity contribution in [2.75, 3.05) is 0 Å². The normalized spacial score (nSPS) is 12.6. The summed E-state index contributed by atoms with van der Waals surface area (Å²) in [6.07, 6.45) is 1.37. The van der Waals surface area contributed by atoms with Crippen LogP contribution in [0.2, 0.25) is 0 Å². The minimum atomic E-state index is -4.61. The van der Waals surface area contributed by atoms with Crippen molar-refractivity contribution in [3.05, 3.63) is 78.5 Å². The Kier molecular flexibility index (Phi) is 4.51. The molecule has 1 unspecified atom stereocenters. The molecule has 3 aromatic rings. The SMILES string of the molecule is O=C(NC(c1ccccc1)C(F)(F)F)c1ccnc(-n2ccnc2)c1. The van der Waals surface area contributed by atoms with Crippen LogP contribution in [0.3, 0.4) is 0 Å². The lowest BCUT2D eigenvalue weighted by Gasteiger charge is -2.22. The van der Waals surface area contributed by atoms with Gasteiger partial charge in [-0.05, 0) is 17.7 Å². The highest BCUT2D eigenvalue weighted by molar-refractivity contribution is 5.94. The van der Waals surface area contributed by atoms with Gasteiger partial charge in [0.2, 0.25) is 0 Å². The van der Waals surface area contributed by atoms with Crippen molar-refractivity contribution in [3.63, 3.8) is 0 Å². The number of pyridine rings is 1. The van der Waals surface area contributed by atoms with Crippen molar-refractivity contribution in [1.29, 1.82) is 0 Å². The average molecular weight is 346 g/mol. The molecule has 0 bridgehead atoms. The van der Waals surface area contributed by atoms with Crippen LogP contribution in [0.1, 0.15) is 22.0 Å². The monoisotopic (exact) mass is 346 g/mol. The summed E-state index contributed by atoms with van der Waals surface area (Å²) in [4.78, 5) is 20.3. The van der Waals surface area contributed by atoms with Crippen molar-refractivity contribution >= 4 is 5.91 Å². The molecule has 2 heterocycles. The number of nitrogens with zero attached hydrogens (tertiary/aromatic N) is 3. The molecule has 8 heteroatoms. The zero-order valence-electron chi connectivity index (χ0n) is 12.8. The molecular weight excluding hydrogens is 333 g/mol. The van der Waals surface area contributed by atoms with E-state index in [0.29, 0.717) is 5.82 Å². The van der Waals surface area contributed by atoms with Gasteiger partial charge in [-0.15, -0.1) is 0 Å². The second-order valence-electron chi connectivity index (χ2n) is 5.23. The van der Waals surface area contributed by atoms with E-state index in [1.165, 1.54) is 55.1 Å². The van der Waals surface area contributed by atoms with Gasteiger partial charge < -0.3 is 5.32 Å². The molecule has 0 fully saturated rings. The smallest absolute Gasteiger partial charge is 0.337 e. The second kappa shape index (κ2) is 6.76. The van der Waals surface area contributed by atoms with Gasteiger partial charge in [0.25, 0.3) is 5.91 Å². The maximum Gasteiger partial charge on any atom is 0.412 e. The largest absolute Gasteiger partial charge is 0.412 e. The molecular formula is C17H13F3N4O. The van der Waals surface area contributed by atoms with Gasteiger partial charge in [-0.1, -0.05) is 30.3 Å². The predicted octanol–water partition coefficient (Wildman–Crippen LogP) is 3.30. The number of hydrogen-bond donors (Lipinski definition) is 1. The molecule has 0 aliphatic carbocycles. The first kappa shape index (κ1) is 16.7. The Morgan fingerprint density at radius 1 is 1.12 bits per heavy atom. The molecule has 128 valence electrons. The molecule has 1 atom stereocenters. The predicted molar refractivity (Wildman–Crippen MR) is 84.1 cm³/mol. The number of alkyl halides is 3. The molecule has 0 radical (unpaired) electrons. The molecule has 1 N–H and O–H groups in total. The highest BCUT2D eigenvalue weighted by Crippen LogP contribution is 2.32. The quantitative estimate of drug-likeness (QED) is 0.788. The molecule has 0 spiro atoms. The molecule has 3 rings (SSSR count). The fraction of sp³-hybridized carbons (Fsp3) is 0.118. The Hall–Kier alpha value is -3.16. The summed E-state index contributed by atoms with van der Waals surface area (Å²) >= 11 is 0. The standard InChI is InChI=1S/C17H13F3N4O/c18-17(19,20)15(12-4-2-1-3-5-12)23-16(25)13-6-7-22-14(10-13)24-9-8-21-11-24/h1-11,15H,(H,23,25). The summed E-state index contributed by atoms with van der Waals surface area (Å²) in [5.74, 6) is -0.455. The fourth-order valence-corrected chi connectivity index (χ4v) is 2.31. The van der Waals surface area contributed by atoms with Crippen molar-refractivity contribution in [3.8, 4) is 5.82 Å². The van der Waals surface area contributed by atoms with Gasteiger partial charge in [-0.2, -0.15) is 13.2 Å². The number of nitrogens with one attached hydrogen (secondary N) is 1. The minimum absolute atomic E-state index is 0.0350. The molecule has 0 aliphatic heterocycles. The number of halogens is 3. The van der Waals surface area contributed by atoms with Crippen LogP contribution in [0, 0.1) is 0 Å². The average Bonchev–Trinajstić information content (AvgIpc) is 3.14. The van der Waals surface area contributed by atoms with E-state index in [0.717, 1.165) is 0 Å². The summed E-state index contributed by atoms with van der Waals surface area (Å²) in [5, 5.41) is 2.05. The first-order valence-electron chi connectivity index (χ1n) is 7.32. The molecule has 1 aromatic carbocycles. The summed E-state index contributed by atoms with van der Waals surface area (Å²) in [6.45, 7) is 0. The van der Waals surface area contributed by atoms with E-state index in [1.54, 1.807) is 16.8 Å². The van der Waals surface area contributed by atoms with E-state index in [1.807, 2.05) is 5.32 Å². The summed E-state index contributed by atoms with van der Waals surface area (Å²) < 4.78 is 41.6. The van der Waals surface area contributed by atoms with Crippen LogP contribution >= 0.6 is 0 Å². The lowest BCUT2D eigenvalue weighted by molar-refractivity contribution is -0.155. The van der Waals surface area contributed by atoms with Crippen molar-refractivity contribution in [1.82, 2.24) is 19.9 Å². The second-order valence-corrected chi connectivity index (χ2v) is 5.23. The van der Waals surface area contributed by atoms with Crippen LogP contribution in [-0.4, -0.2) is 26.6 Å². The summed E-state index contributed by atoms with van der Waals surface area (Å²) in [5.41, 5.74) is 0.0381. The number of amides is 1. The maximum absolute atomic E-state index is 13.3. The molecule has 25 heavy (non-hydrogen) atoms. The van der Waals surface area contributed by atoms with E-state index >= 15 is 0 Å². The van der Waals surface area contributed by atoms with E-state index < -0.39 is 18.1 Å². The van der Waals surface area contributed by atoms with Gasteiger partial charge in [-0.25, -0.2) is 9.97 Å². The highest BCUT2D eigenvalue weighted by Gasteiger charge is 2.41. The highest BCUT2D eigenvalue weighted by atomic mass is 19.4. The maximum atomic E-state index is 13.3. The van der Waals surface area contributed by atoms with Crippen LogP contribution in [0.15, 0.2) is 67.4 Å². The third-order valence-electron chi connectivity index (χ3n) is 3.51. The van der Waals surface area contributed by atoms with Gasteiger partial charge in [0, 0.05) is 24.2 Å². The number of imidazole rings is 1.